The lowest BCUT2D eigenvalue weighted by atomic mass is 9.75. The van der Waals surface area contributed by atoms with Crippen molar-refractivity contribution in [1.82, 2.24) is 0 Å². The van der Waals surface area contributed by atoms with Crippen molar-refractivity contribution in [3.8, 4) is 0 Å². The van der Waals surface area contributed by atoms with Gasteiger partial charge in [0.25, 0.3) is 0 Å². The highest BCUT2D eigenvalue weighted by Gasteiger charge is 2.28. The van der Waals surface area contributed by atoms with E-state index in [4.69, 9.17) is 5.73 Å². The van der Waals surface area contributed by atoms with Crippen LogP contribution in [0.15, 0.2) is 0 Å². The van der Waals surface area contributed by atoms with E-state index in [-0.39, 0.29) is 5.54 Å². The second kappa shape index (κ2) is 3.57. The Morgan fingerprint density at radius 1 is 1.36 bits per heavy atom. The first-order valence-electron chi connectivity index (χ1n) is 4.95. The van der Waals surface area contributed by atoms with Crippen molar-refractivity contribution in [2.45, 2.75) is 57.9 Å². The summed E-state index contributed by atoms with van der Waals surface area (Å²) in [5, 5.41) is 0. The maximum absolute atomic E-state index is 6.23. The molecule has 0 saturated heterocycles. The van der Waals surface area contributed by atoms with Gasteiger partial charge in [-0.3, -0.25) is 0 Å². The van der Waals surface area contributed by atoms with Gasteiger partial charge in [0.2, 0.25) is 0 Å². The van der Waals surface area contributed by atoms with Gasteiger partial charge in [0.05, 0.1) is 0 Å². The quantitative estimate of drug-likeness (QED) is 0.652. The molecule has 11 heavy (non-hydrogen) atoms. The SMILES string of the molecule is CCCC1(N)CCC(C)CC1. The van der Waals surface area contributed by atoms with Gasteiger partial charge in [-0.2, -0.15) is 0 Å². The topological polar surface area (TPSA) is 26.0 Å². The van der Waals surface area contributed by atoms with Gasteiger partial charge in [-0.15, -0.1) is 0 Å². The molecule has 1 nitrogen and oxygen atoms in total. The zero-order valence-corrected chi connectivity index (χ0v) is 7.90. The van der Waals surface area contributed by atoms with Crippen molar-refractivity contribution in [2.24, 2.45) is 11.7 Å². The maximum atomic E-state index is 6.23. The Hall–Kier alpha value is -0.0400. The molecule has 1 aliphatic rings. The second-order valence-corrected chi connectivity index (χ2v) is 4.29. The molecular formula is C10H21N. The largest absolute Gasteiger partial charge is 0.325 e. The highest BCUT2D eigenvalue weighted by atomic mass is 14.7. The van der Waals surface area contributed by atoms with Crippen LogP contribution in [0.2, 0.25) is 0 Å². The number of nitrogens with two attached hydrogens (primary N) is 1. The van der Waals surface area contributed by atoms with Gasteiger partial charge in [-0.25, -0.2) is 0 Å². The fourth-order valence-electron chi connectivity index (χ4n) is 2.08. The first-order chi connectivity index (χ1) is 5.16. The van der Waals surface area contributed by atoms with Crippen molar-refractivity contribution in [3.63, 3.8) is 0 Å². The lowest BCUT2D eigenvalue weighted by Gasteiger charge is -2.35. The highest BCUT2D eigenvalue weighted by molar-refractivity contribution is 4.88. The number of hydrogen-bond acceptors (Lipinski definition) is 1. The first kappa shape index (κ1) is 9.05. The molecule has 0 aliphatic heterocycles. The summed E-state index contributed by atoms with van der Waals surface area (Å²) in [5.41, 5.74) is 6.44. The fraction of sp³-hybridized carbons (Fsp3) is 1.00. The average molecular weight is 155 g/mol. The van der Waals surface area contributed by atoms with Crippen LogP contribution in [-0.4, -0.2) is 5.54 Å². The molecule has 2 N–H and O–H groups in total. The zero-order valence-electron chi connectivity index (χ0n) is 7.90. The van der Waals surface area contributed by atoms with Gasteiger partial charge < -0.3 is 5.73 Å². The maximum Gasteiger partial charge on any atom is 0.0154 e. The van der Waals surface area contributed by atoms with Crippen LogP contribution in [-0.2, 0) is 0 Å². The molecule has 0 radical (unpaired) electrons. The Bertz CT molecular complexity index is 112. The van der Waals surface area contributed by atoms with Gasteiger partial charge in [0.1, 0.15) is 0 Å². The molecule has 0 spiro atoms. The minimum atomic E-state index is 0.210. The zero-order chi connectivity index (χ0) is 8.32. The fourth-order valence-corrected chi connectivity index (χ4v) is 2.08. The molecule has 0 aromatic carbocycles. The van der Waals surface area contributed by atoms with E-state index in [2.05, 4.69) is 13.8 Å². The van der Waals surface area contributed by atoms with Gasteiger partial charge in [0.15, 0.2) is 0 Å². The van der Waals surface area contributed by atoms with E-state index in [0.717, 1.165) is 5.92 Å². The van der Waals surface area contributed by atoms with Crippen LogP contribution in [0.4, 0.5) is 0 Å². The molecule has 0 atom stereocenters. The van der Waals surface area contributed by atoms with Crippen molar-refractivity contribution in [3.05, 3.63) is 0 Å². The van der Waals surface area contributed by atoms with Crippen molar-refractivity contribution in [1.29, 1.82) is 0 Å². The normalized spacial score (nSPS) is 39.0. The lowest BCUT2D eigenvalue weighted by molar-refractivity contribution is 0.230. The predicted molar refractivity (Wildman–Crippen MR) is 49.5 cm³/mol. The summed E-state index contributed by atoms with van der Waals surface area (Å²) >= 11 is 0. The standard InChI is InChI=1S/C10H21N/c1-3-6-10(11)7-4-9(2)5-8-10/h9H,3-8,11H2,1-2H3. The first-order valence-corrected chi connectivity index (χ1v) is 4.95. The van der Waals surface area contributed by atoms with E-state index in [1.165, 1.54) is 38.5 Å². The Morgan fingerprint density at radius 3 is 2.36 bits per heavy atom. The van der Waals surface area contributed by atoms with Gasteiger partial charge >= 0.3 is 0 Å². The van der Waals surface area contributed by atoms with E-state index in [9.17, 15) is 0 Å². The summed E-state index contributed by atoms with van der Waals surface area (Å²) < 4.78 is 0. The van der Waals surface area contributed by atoms with Crippen molar-refractivity contribution < 1.29 is 0 Å². The van der Waals surface area contributed by atoms with E-state index >= 15 is 0 Å². The van der Waals surface area contributed by atoms with Crippen LogP contribution >= 0.6 is 0 Å². The van der Waals surface area contributed by atoms with E-state index in [1.807, 2.05) is 0 Å². The number of hydrogen-bond donors (Lipinski definition) is 1. The molecule has 0 bridgehead atoms. The Kier molecular flexibility index (Phi) is 2.94. The summed E-state index contributed by atoms with van der Waals surface area (Å²) in [6.45, 7) is 4.57. The van der Waals surface area contributed by atoms with Gasteiger partial charge in [-0.05, 0) is 38.0 Å². The van der Waals surface area contributed by atoms with E-state index in [0.29, 0.717) is 0 Å². The molecule has 0 aromatic heterocycles. The van der Waals surface area contributed by atoms with Gasteiger partial charge in [-0.1, -0.05) is 20.3 Å². The molecule has 1 saturated carbocycles. The third-order valence-electron chi connectivity index (χ3n) is 3.02. The van der Waals surface area contributed by atoms with Crippen molar-refractivity contribution in [2.75, 3.05) is 0 Å². The third-order valence-corrected chi connectivity index (χ3v) is 3.02. The molecule has 0 heterocycles. The summed E-state index contributed by atoms with van der Waals surface area (Å²) in [5.74, 6) is 0.920. The summed E-state index contributed by atoms with van der Waals surface area (Å²) in [7, 11) is 0. The van der Waals surface area contributed by atoms with Crippen LogP contribution in [0.3, 0.4) is 0 Å². The highest BCUT2D eigenvalue weighted by Crippen LogP contribution is 2.32. The molecule has 0 aromatic rings. The third kappa shape index (κ3) is 2.48. The smallest absolute Gasteiger partial charge is 0.0154 e. The molecule has 1 heteroatoms. The van der Waals surface area contributed by atoms with E-state index < -0.39 is 0 Å². The van der Waals surface area contributed by atoms with Crippen LogP contribution in [0, 0.1) is 5.92 Å². The molecule has 66 valence electrons. The predicted octanol–water partition coefficient (Wildman–Crippen LogP) is 2.69. The van der Waals surface area contributed by atoms with Crippen LogP contribution < -0.4 is 5.73 Å². The van der Waals surface area contributed by atoms with Crippen molar-refractivity contribution >= 4 is 0 Å². The molecule has 1 fully saturated rings. The lowest BCUT2D eigenvalue weighted by Crippen LogP contribution is -2.42. The minimum absolute atomic E-state index is 0.210. The average Bonchev–Trinajstić information content (AvgIpc) is 1.97. The molecule has 1 rings (SSSR count). The van der Waals surface area contributed by atoms with Crippen LogP contribution in [0.1, 0.15) is 52.4 Å². The Morgan fingerprint density at radius 2 is 1.91 bits per heavy atom. The van der Waals surface area contributed by atoms with Gasteiger partial charge in [0, 0.05) is 5.54 Å². The van der Waals surface area contributed by atoms with Crippen LogP contribution in [0.5, 0.6) is 0 Å². The summed E-state index contributed by atoms with van der Waals surface area (Å²) in [6, 6.07) is 0. The molecular weight excluding hydrogens is 134 g/mol. The molecule has 0 amide bonds. The Balaban J connectivity index is 2.35. The monoisotopic (exact) mass is 155 g/mol. The molecule has 0 unspecified atom stereocenters. The van der Waals surface area contributed by atoms with Crippen LogP contribution in [0.25, 0.3) is 0 Å². The molecule has 1 aliphatic carbocycles. The number of rotatable bonds is 2. The van der Waals surface area contributed by atoms with E-state index in [1.54, 1.807) is 0 Å². The summed E-state index contributed by atoms with van der Waals surface area (Å²) in [6.07, 6.45) is 7.65. The Labute approximate surface area is 70.4 Å². The second-order valence-electron chi connectivity index (χ2n) is 4.29. The summed E-state index contributed by atoms with van der Waals surface area (Å²) in [4.78, 5) is 0. The minimum Gasteiger partial charge on any atom is -0.325 e.